The van der Waals surface area contributed by atoms with E-state index in [1.54, 1.807) is 24.3 Å². The number of aromatic nitrogens is 2. The van der Waals surface area contributed by atoms with E-state index in [2.05, 4.69) is 24.9 Å². The number of para-hydroxylation sites is 1. The molecule has 1 fully saturated rings. The number of benzene rings is 2. The summed E-state index contributed by atoms with van der Waals surface area (Å²) in [4.78, 5) is 46.1. The van der Waals surface area contributed by atoms with E-state index in [1.165, 1.54) is 30.0 Å². The number of aromatic amines is 1. The number of nitro benzene ring substituents is 1. The molecule has 13 nitrogen and oxygen atoms in total. The fourth-order valence-electron chi connectivity index (χ4n) is 6.34. The van der Waals surface area contributed by atoms with Crippen LogP contribution >= 0.6 is 11.8 Å². The largest absolute Gasteiger partial charge is 0.357 e. The van der Waals surface area contributed by atoms with Gasteiger partial charge in [0.1, 0.15) is 11.6 Å². The maximum absolute atomic E-state index is 13.7. The van der Waals surface area contributed by atoms with Crippen LogP contribution in [0.25, 0.3) is 10.9 Å². The Kier molecular flexibility index (Phi) is 9.00. The lowest BCUT2D eigenvalue weighted by Gasteiger charge is -2.38. The smallest absolute Gasteiger partial charge is 0.289 e. The van der Waals surface area contributed by atoms with E-state index < -0.39 is 37.1 Å². The molecule has 0 bridgehead atoms. The summed E-state index contributed by atoms with van der Waals surface area (Å²) in [6, 6.07) is 17.1. The van der Waals surface area contributed by atoms with Gasteiger partial charge in [-0.25, -0.2) is 18.1 Å². The molecule has 1 amide bonds. The molecule has 2 aliphatic rings. The van der Waals surface area contributed by atoms with Crippen molar-refractivity contribution in [3.8, 4) is 6.07 Å². The van der Waals surface area contributed by atoms with Crippen LogP contribution in [0.2, 0.25) is 0 Å². The Hall–Kier alpha value is -4.78. The van der Waals surface area contributed by atoms with Crippen LogP contribution < -0.4 is 20.5 Å². The van der Waals surface area contributed by atoms with Gasteiger partial charge in [-0.1, -0.05) is 18.2 Å². The highest BCUT2D eigenvalue weighted by Crippen LogP contribution is 2.36. The predicted molar refractivity (Wildman–Crippen MR) is 178 cm³/mol. The number of fused-ring (bicyclic) bond motifs is 2. The minimum Gasteiger partial charge on any atom is -0.357 e. The number of nitro groups is 1. The van der Waals surface area contributed by atoms with E-state index in [4.69, 9.17) is 0 Å². The highest BCUT2D eigenvalue weighted by Gasteiger charge is 2.35. The van der Waals surface area contributed by atoms with Gasteiger partial charge in [0.15, 0.2) is 4.90 Å². The van der Waals surface area contributed by atoms with E-state index in [9.17, 15) is 33.4 Å². The minimum atomic E-state index is -4.35. The van der Waals surface area contributed by atoms with E-state index in [-0.39, 0.29) is 24.3 Å². The average Bonchev–Trinajstić information content (AvgIpc) is 3.07. The average molecular weight is 674 g/mol. The third kappa shape index (κ3) is 6.85. The van der Waals surface area contributed by atoms with Gasteiger partial charge in [-0.3, -0.25) is 19.7 Å². The van der Waals surface area contributed by atoms with Gasteiger partial charge in [0.05, 0.1) is 27.2 Å². The zero-order valence-corrected chi connectivity index (χ0v) is 26.9. The lowest BCUT2D eigenvalue weighted by Crippen LogP contribution is -2.46. The van der Waals surface area contributed by atoms with Gasteiger partial charge in [-0.2, -0.15) is 5.26 Å². The van der Waals surface area contributed by atoms with Gasteiger partial charge in [-0.15, -0.1) is 11.8 Å². The van der Waals surface area contributed by atoms with E-state index in [0.717, 1.165) is 11.0 Å². The first kappa shape index (κ1) is 32.2. The van der Waals surface area contributed by atoms with Crippen LogP contribution in [0, 0.1) is 27.4 Å². The van der Waals surface area contributed by atoms with Crippen LogP contribution in [0.1, 0.15) is 36.8 Å². The monoisotopic (exact) mass is 673 g/mol. The maximum atomic E-state index is 13.7. The van der Waals surface area contributed by atoms with Crippen molar-refractivity contribution < 1.29 is 18.1 Å². The zero-order valence-electron chi connectivity index (χ0n) is 25.3. The normalized spacial score (nSPS) is 18.5. The number of carbonyl (C=O) groups excluding carboxylic acids is 1. The lowest BCUT2D eigenvalue weighted by molar-refractivity contribution is -0.387. The molecule has 0 radical (unpaired) electrons. The first-order valence-electron chi connectivity index (χ1n) is 15.0. The number of nitriles is 1. The molecule has 1 atom stereocenters. The Morgan fingerprint density at radius 1 is 1.13 bits per heavy atom. The summed E-state index contributed by atoms with van der Waals surface area (Å²) in [7, 11) is -2.41. The number of nitrogens with zero attached hydrogens (tertiary/aromatic N) is 4. The van der Waals surface area contributed by atoms with Crippen LogP contribution in [0.15, 0.2) is 75.2 Å². The van der Waals surface area contributed by atoms with Crippen molar-refractivity contribution in [1.29, 1.82) is 5.26 Å². The molecule has 242 valence electrons. The number of anilines is 2. The van der Waals surface area contributed by atoms with E-state index >= 15 is 0 Å². The molecule has 1 aliphatic heterocycles. The molecule has 2 aromatic carbocycles. The summed E-state index contributed by atoms with van der Waals surface area (Å²) in [5, 5.41) is 24.4. The molecule has 1 unspecified atom stereocenters. The van der Waals surface area contributed by atoms with Crippen molar-refractivity contribution in [3.63, 3.8) is 0 Å². The number of H-pyrrole nitrogens is 1. The Morgan fingerprint density at radius 2 is 1.89 bits per heavy atom. The number of hydrogen-bond acceptors (Lipinski definition) is 10. The predicted octanol–water partition coefficient (Wildman–Crippen LogP) is 4.33. The van der Waals surface area contributed by atoms with Crippen LogP contribution in [-0.2, 0) is 21.2 Å². The van der Waals surface area contributed by atoms with Crippen molar-refractivity contribution in [3.05, 3.63) is 92.3 Å². The number of nitrogens with one attached hydrogen (secondary N) is 3. The molecule has 15 heteroatoms. The Balaban J connectivity index is 1.26. The summed E-state index contributed by atoms with van der Waals surface area (Å²) in [6.07, 6.45) is 2.70. The fraction of sp³-hybridized carbons (Fsp3) is 0.312. The van der Waals surface area contributed by atoms with Crippen LogP contribution in [-0.4, -0.2) is 54.1 Å². The number of rotatable bonds is 9. The molecule has 1 aliphatic carbocycles. The van der Waals surface area contributed by atoms with Crippen LogP contribution in [0.3, 0.4) is 0 Å². The summed E-state index contributed by atoms with van der Waals surface area (Å²) in [5.74, 6) is 1.33. The minimum absolute atomic E-state index is 0.0556. The van der Waals surface area contributed by atoms with Crippen molar-refractivity contribution in [2.75, 3.05) is 23.0 Å². The summed E-state index contributed by atoms with van der Waals surface area (Å²) in [6.45, 7) is 0. The highest BCUT2D eigenvalue weighted by atomic mass is 32.2. The quantitative estimate of drug-likeness (QED) is 0.170. The van der Waals surface area contributed by atoms with Gasteiger partial charge in [0, 0.05) is 36.3 Å². The number of carbonyl (C=O) groups is 1. The summed E-state index contributed by atoms with van der Waals surface area (Å²) >= 11 is 1.44. The molecule has 3 heterocycles. The highest BCUT2D eigenvalue weighted by molar-refractivity contribution is 8.00. The van der Waals surface area contributed by atoms with Gasteiger partial charge in [0.25, 0.3) is 11.2 Å². The molecular weight excluding hydrogens is 643 g/mol. The van der Waals surface area contributed by atoms with Gasteiger partial charge in [0.2, 0.25) is 15.9 Å². The summed E-state index contributed by atoms with van der Waals surface area (Å²) < 4.78 is 30.1. The van der Waals surface area contributed by atoms with Gasteiger partial charge in [-0.05, 0) is 79.8 Å². The first-order chi connectivity index (χ1) is 22.5. The molecule has 3 N–H and O–H groups in total. The Morgan fingerprint density at radius 3 is 2.64 bits per heavy atom. The lowest BCUT2D eigenvalue weighted by atomic mass is 9.79. The second-order valence-electron chi connectivity index (χ2n) is 11.7. The van der Waals surface area contributed by atoms with Crippen molar-refractivity contribution in [2.24, 2.45) is 5.92 Å². The molecule has 0 spiro atoms. The third-order valence-electron chi connectivity index (χ3n) is 8.83. The van der Waals surface area contributed by atoms with Crippen LogP contribution in [0.5, 0.6) is 0 Å². The van der Waals surface area contributed by atoms with Crippen molar-refractivity contribution in [2.45, 2.75) is 54.0 Å². The molecule has 47 heavy (non-hydrogen) atoms. The zero-order chi connectivity index (χ0) is 33.3. The number of pyridine rings is 2. The summed E-state index contributed by atoms with van der Waals surface area (Å²) in [5.41, 5.74) is 0.307. The molecule has 1 saturated carbocycles. The van der Waals surface area contributed by atoms with Crippen molar-refractivity contribution >= 4 is 55.9 Å². The number of sulfonamides is 1. The molecule has 4 aromatic rings. The number of amides is 1. The second-order valence-corrected chi connectivity index (χ2v) is 14.4. The SMILES string of the molecule is CN(c1ccc2c(n1)NC(=O)CS2)[C@H]1CC[C@H](C(Cc2cc3ccc(C#N)cc3[nH]c2=O)NS(=O)(=O)c2ccccc2[N+](=O)[O-])CC1. The topological polar surface area (TPSA) is 191 Å². The fourth-order valence-corrected chi connectivity index (χ4v) is 8.57. The Bertz CT molecular complexity index is 2090. The maximum Gasteiger partial charge on any atom is 0.289 e. The van der Waals surface area contributed by atoms with Crippen molar-refractivity contribution in [1.82, 2.24) is 14.7 Å². The molecule has 6 rings (SSSR count). The van der Waals surface area contributed by atoms with E-state index in [0.29, 0.717) is 65.1 Å². The molecular formula is C32H31N7O6S2. The number of thioether (sulfide) groups is 1. The second kappa shape index (κ2) is 13.1. The number of hydrogen-bond donors (Lipinski definition) is 3. The third-order valence-corrected chi connectivity index (χ3v) is 11.4. The first-order valence-corrected chi connectivity index (χ1v) is 17.5. The van der Waals surface area contributed by atoms with Gasteiger partial charge < -0.3 is 15.2 Å². The van der Waals surface area contributed by atoms with Gasteiger partial charge >= 0.3 is 0 Å². The standard InChI is InChI=1S/C32H31N7O6S2/c1-38(29-13-12-27-31(35-29)36-30(40)18-46-27)23-10-8-20(9-11-23)25(37-47(44,45)28-5-3-2-4-26(28)39(42)43)16-22-15-21-7-6-19(17-33)14-24(21)34-32(22)41/h2-7,12-15,20,23,25,37H,8-11,16,18H2,1H3,(H,34,41)(H,35,36,40)/t20-,23-,25?. The van der Waals surface area contributed by atoms with E-state index in [1.807, 2.05) is 25.2 Å². The molecule has 0 saturated heterocycles. The molecule has 2 aromatic heterocycles. The Labute approximate surface area is 274 Å². The van der Waals surface area contributed by atoms with Crippen LogP contribution in [0.4, 0.5) is 17.3 Å².